The molecule has 3 rings (SSSR count). The standard InChI is InChI=1S/C15H18N6S/c22-15(19-11-4-1-7-16-10-11)21-20-13-6-3-8-17-12-5-2-9-18-14(12)13/h1-2,4,7,9-10,12,17H,3,5-6,8H2,(H2,19,21,22)/b20-13-. The summed E-state index contributed by atoms with van der Waals surface area (Å²) in [7, 11) is 0. The van der Waals surface area contributed by atoms with Crippen molar-refractivity contribution in [1.29, 1.82) is 0 Å². The Hall–Kier alpha value is -2.12. The monoisotopic (exact) mass is 314 g/mol. The molecule has 1 aromatic heterocycles. The predicted molar refractivity (Wildman–Crippen MR) is 93.2 cm³/mol. The molecule has 0 amide bonds. The average molecular weight is 314 g/mol. The summed E-state index contributed by atoms with van der Waals surface area (Å²) in [4.78, 5) is 8.52. The second kappa shape index (κ2) is 7.24. The van der Waals surface area contributed by atoms with Crippen molar-refractivity contribution in [1.82, 2.24) is 15.7 Å². The van der Waals surface area contributed by atoms with Crippen molar-refractivity contribution in [3.05, 3.63) is 36.8 Å². The molecule has 7 heteroatoms. The number of aromatic nitrogens is 1. The first-order valence-corrected chi connectivity index (χ1v) is 7.74. The van der Waals surface area contributed by atoms with Crippen LogP contribution in [0.15, 0.2) is 46.9 Å². The summed E-state index contributed by atoms with van der Waals surface area (Å²) < 4.78 is 0. The van der Waals surface area contributed by atoms with Gasteiger partial charge in [-0.2, -0.15) is 5.10 Å². The van der Waals surface area contributed by atoms with Crippen LogP contribution in [0.25, 0.3) is 0 Å². The van der Waals surface area contributed by atoms with Gasteiger partial charge in [0.05, 0.1) is 29.3 Å². The number of rotatable bonds is 2. The van der Waals surface area contributed by atoms with Crippen LogP contribution in [0.4, 0.5) is 5.69 Å². The van der Waals surface area contributed by atoms with Crippen LogP contribution in [0, 0.1) is 0 Å². The molecule has 1 aromatic rings. The molecule has 1 atom stereocenters. The highest BCUT2D eigenvalue weighted by molar-refractivity contribution is 7.80. The van der Waals surface area contributed by atoms with Gasteiger partial charge in [-0.25, -0.2) is 0 Å². The first-order valence-electron chi connectivity index (χ1n) is 7.33. The Morgan fingerprint density at radius 3 is 3.27 bits per heavy atom. The number of fused-ring (bicyclic) bond motifs is 1. The molecule has 2 aliphatic heterocycles. The van der Waals surface area contributed by atoms with Gasteiger partial charge in [0.25, 0.3) is 0 Å². The minimum Gasteiger partial charge on any atom is -0.330 e. The van der Waals surface area contributed by atoms with E-state index in [2.05, 4.69) is 37.2 Å². The molecule has 0 spiro atoms. The fourth-order valence-electron chi connectivity index (χ4n) is 2.47. The van der Waals surface area contributed by atoms with Gasteiger partial charge >= 0.3 is 0 Å². The van der Waals surface area contributed by atoms with E-state index in [0.717, 1.165) is 42.9 Å². The van der Waals surface area contributed by atoms with E-state index in [1.165, 1.54) is 0 Å². The highest BCUT2D eigenvalue weighted by Crippen LogP contribution is 2.12. The molecule has 1 fully saturated rings. The third kappa shape index (κ3) is 3.75. The zero-order valence-corrected chi connectivity index (χ0v) is 12.9. The first kappa shape index (κ1) is 14.8. The number of hydrogen-bond acceptors (Lipinski definition) is 5. The molecular formula is C15H18N6S. The molecule has 0 bridgehead atoms. The number of anilines is 1. The van der Waals surface area contributed by atoms with Gasteiger partial charge in [0.15, 0.2) is 5.11 Å². The van der Waals surface area contributed by atoms with Gasteiger partial charge in [0, 0.05) is 12.4 Å². The maximum Gasteiger partial charge on any atom is 0.191 e. The van der Waals surface area contributed by atoms with Gasteiger partial charge in [-0.3, -0.25) is 15.4 Å². The smallest absolute Gasteiger partial charge is 0.191 e. The van der Waals surface area contributed by atoms with Crippen molar-refractivity contribution in [3.8, 4) is 0 Å². The molecule has 0 saturated carbocycles. The van der Waals surface area contributed by atoms with Crippen LogP contribution in [0.2, 0.25) is 0 Å². The highest BCUT2D eigenvalue weighted by Gasteiger charge is 2.24. The van der Waals surface area contributed by atoms with Gasteiger partial charge < -0.3 is 10.6 Å². The number of nitrogens with one attached hydrogen (secondary N) is 3. The van der Waals surface area contributed by atoms with Gasteiger partial charge in [0.1, 0.15) is 0 Å². The summed E-state index contributed by atoms with van der Waals surface area (Å²) >= 11 is 5.26. The Morgan fingerprint density at radius 1 is 1.45 bits per heavy atom. The lowest BCUT2D eigenvalue weighted by Gasteiger charge is -2.19. The fourth-order valence-corrected chi connectivity index (χ4v) is 2.64. The van der Waals surface area contributed by atoms with Crippen LogP contribution in [-0.4, -0.2) is 34.1 Å². The van der Waals surface area contributed by atoms with Crippen LogP contribution >= 0.6 is 12.2 Å². The maximum atomic E-state index is 5.26. The largest absolute Gasteiger partial charge is 0.330 e. The van der Waals surface area contributed by atoms with Crippen molar-refractivity contribution >= 4 is 34.4 Å². The van der Waals surface area contributed by atoms with Crippen molar-refractivity contribution in [2.45, 2.75) is 25.3 Å². The summed E-state index contributed by atoms with van der Waals surface area (Å²) in [6.07, 6.45) is 10.2. The predicted octanol–water partition coefficient (Wildman–Crippen LogP) is 1.83. The molecule has 1 unspecified atom stereocenters. The van der Waals surface area contributed by atoms with Crippen LogP contribution in [-0.2, 0) is 0 Å². The van der Waals surface area contributed by atoms with Crippen molar-refractivity contribution < 1.29 is 0 Å². The molecule has 22 heavy (non-hydrogen) atoms. The van der Waals surface area contributed by atoms with E-state index in [1.807, 2.05) is 18.3 Å². The van der Waals surface area contributed by atoms with Gasteiger partial charge in [-0.05, 0) is 50.2 Å². The maximum absolute atomic E-state index is 5.26. The number of aliphatic imine (C=N–C) groups is 1. The van der Waals surface area contributed by atoms with Crippen molar-refractivity contribution in [2.24, 2.45) is 10.1 Å². The topological polar surface area (TPSA) is 73.7 Å². The second-order valence-corrected chi connectivity index (χ2v) is 5.52. The summed E-state index contributed by atoms with van der Waals surface area (Å²) in [5.74, 6) is 0. The number of hydrogen-bond donors (Lipinski definition) is 3. The summed E-state index contributed by atoms with van der Waals surface area (Å²) in [6.45, 7) is 0.981. The summed E-state index contributed by atoms with van der Waals surface area (Å²) in [5, 5.41) is 11.5. The first-order chi connectivity index (χ1) is 10.8. The number of thiocarbonyl (C=S) groups is 1. The normalized spacial score (nSPS) is 22.5. The number of hydrazone groups is 1. The van der Waals surface area contributed by atoms with Gasteiger partial charge in [-0.1, -0.05) is 6.08 Å². The van der Waals surface area contributed by atoms with E-state index in [4.69, 9.17) is 12.2 Å². The molecule has 0 radical (unpaired) electrons. The van der Waals surface area contributed by atoms with Crippen LogP contribution < -0.4 is 16.1 Å². The van der Waals surface area contributed by atoms with E-state index in [0.29, 0.717) is 5.11 Å². The van der Waals surface area contributed by atoms with Crippen LogP contribution in [0.3, 0.4) is 0 Å². The Kier molecular flexibility index (Phi) is 4.87. The molecule has 6 nitrogen and oxygen atoms in total. The van der Waals surface area contributed by atoms with Crippen molar-refractivity contribution in [3.63, 3.8) is 0 Å². The Morgan fingerprint density at radius 2 is 2.41 bits per heavy atom. The zero-order chi connectivity index (χ0) is 15.2. The lowest BCUT2D eigenvalue weighted by atomic mass is 10.0. The Bertz CT molecular complexity index is 622. The SMILES string of the molecule is S=C(N/N=C1/CCCNC2CC=CN=C12)Nc1cccnc1. The molecule has 3 heterocycles. The van der Waals surface area contributed by atoms with E-state index >= 15 is 0 Å². The van der Waals surface area contributed by atoms with E-state index in [9.17, 15) is 0 Å². The molecule has 1 saturated heterocycles. The molecule has 0 aliphatic carbocycles. The molecular weight excluding hydrogens is 296 g/mol. The Balaban J connectivity index is 1.66. The van der Waals surface area contributed by atoms with Gasteiger partial charge in [0.2, 0.25) is 0 Å². The van der Waals surface area contributed by atoms with Crippen LogP contribution in [0.1, 0.15) is 19.3 Å². The zero-order valence-electron chi connectivity index (χ0n) is 12.1. The van der Waals surface area contributed by atoms with Crippen LogP contribution in [0.5, 0.6) is 0 Å². The van der Waals surface area contributed by atoms with Crippen molar-refractivity contribution in [2.75, 3.05) is 11.9 Å². The van der Waals surface area contributed by atoms with E-state index in [-0.39, 0.29) is 6.04 Å². The molecule has 0 aromatic carbocycles. The number of pyridine rings is 1. The number of nitrogens with zero attached hydrogens (tertiary/aromatic N) is 3. The lowest BCUT2D eigenvalue weighted by molar-refractivity contribution is 0.618. The van der Waals surface area contributed by atoms with Gasteiger partial charge in [-0.15, -0.1) is 0 Å². The Labute approximate surface area is 134 Å². The quantitative estimate of drug-likeness (QED) is 0.574. The molecule has 114 valence electrons. The summed E-state index contributed by atoms with van der Waals surface area (Å²) in [6, 6.07) is 4.00. The highest BCUT2D eigenvalue weighted by atomic mass is 32.1. The fraction of sp³-hybridized carbons (Fsp3) is 0.333. The molecule has 2 aliphatic rings. The minimum absolute atomic E-state index is 0.257. The van der Waals surface area contributed by atoms with E-state index < -0.39 is 0 Å². The van der Waals surface area contributed by atoms with E-state index in [1.54, 1.807) is 12.4 Å². The third-order valence-electron chi connectivity index (χ3n) is 3.51. The minimum atomic E-state index is 0.257. The second-order valence-electron chi connectivity index (χ2n) is 5.11. The molecule has 3 N–H and O–H groups in total. The third-order valence-corrected chi connectivity index (χ3v) is 3.70. The lowest BCUT2D eigenvalue weighted by Crippen LogP contribution is -2.39. The average Bonchev–Trinajstić information content (AvgIpc) is 2.76. The summed E-state index contributed by atoms with van der Waals surface area (Å²) in [5.41, 5.74) is 5.72.